The summed E-state index contributed by atoms with van der Waals surface area (Å²) in [6, 6.07) is 23.8. The van der Waals surface area contributed by atoms with Crippen LogP contribution in [0.1, 0.15) is 33.9 Å². The minimum Gasteiger partial charge on any atom is -0.657 e. The largest absolute Gasteiger partial charge is 2.00 e. The van der Waals surface area contributed by atoms with Gasteiger partial charge in [-0.05, 0) is 94.1 Å². The summed E-state index contributed by atoms with van der Waals surface area (Å²) in [6.45, 7) is 6.61. The molecule has 70 heavy (non-hydrogen) atoms. The van der Waals surface area contributed by atoms with Gasteiger partial charge in [0.15, 0.2) is 28.8 Å². The second-order valence-electron chi connectivity index (χ2n) is 16.2. The summed E-state index contributed by atoms with van der Waals surface area (Å²) in [5, 5.41) is 1.66. The normalized spacial score (nSPS) is 21.0. The van der Waals surface area contributed by atoms with E-state index >= 15 is 0 Å². The topological polar surface area (TPSA) is 166 Å². The first-order valence-electron chi connectivity index (χ1n) is 23.2. The van der Waals surface area contributed by atoms with Gasteiger partial charge in [-0.2, -0.15) is 0 Å². The van der Waals surface area contributed by atoms with Gasteiger partial charge in [0.2, 0.25) is 0 Å². The van der Waals surface area contributed by atoms with Crippen molar-refractivity contribution in [2.45, 2.75) is 0 Å². The minimum atomic E-state index is -0.0990. The summed E-state index contributed by atoms with van der Waals surface area (Å²) < 4.78 is 59.1. The van der Waals surface area contributed by atoms with Crippen molar-refractivity contribution >= 4 is 34.3 Å². The number of fused-ring (bicyclic) bond motifs is 9. The number of aliphatic imine (C=N–C) groups is 1. The van der Waals surface area contributed by atoms with E-state index in [1.54, 1.807) is 12.2 Å². The van der Waals surface area contributed by atoms with Crippen molar-refractivity contribution in [1.82, 2.24) is 15.0 Å². The van der Waals surface area contributed by atoms with Crippen molar-refractivity contribution in [2.24, 2.45) is 4.99 Å². The van der Waals surface area contributed by atoms with Gasteiger partial charge in [-0.1, -0.05) is 54.6 Å². The predicted molar refractivity (Wildman–Crippen MR) is 257 cm³/mol. The molecule has 5 aliphatic rings. The maximum Gasteiger partial charge on any atom is 2.00 e. The van der Waals surface area contributed by atoms with Gasteiger partial charge in [0.1, 0.15) is 26.4 Å². The number of aromatic amines is 1. The Morgan fingerprint density at radius 2 is 0.929 bits per heavy atom. The molecule has 0 amide bonds. The number of ether oxygens (including phenoxy) is 10. The average molecular weight is 998 g/mol. The Bertz CT molecular complexity index is 2950. The van der Waals surface area contributed by atoms with Gasteiger partial charge >= 0.3 is 19.5 Å². The molecule has 0 fully saturated rings. The zero-order valence-electron chi connectivity index (χ0n) is 38.8. The second kappa shape index (κ2) is 24.0. The number of nitrogens with zero attached hydrogens (tertiary/aromatic N) is 3. The minimum absolute atomic E-state index is 0. The molecule has 0 spiro atoms. The molecule has 4 aliphatic heterocycles. The van der Waals surface area contributed by atoms with Crippen molar-refractivity contribution in [3.8, 4) is 23.0 Å². The summed E-state index contributed by atoms with van der Waals surface area (Å²) in [4.78, 5) is 32.0. The second-order valence-corrected chi connectivity index (χ2v) is 16.2. The van der Waals surface area contributed by atoms with E-state index in [4.69, 9.17) is 62.3 Å². The fraction of sp³-hybridized carbons (Fsp3) is 0.296. The number of hydrogen-bond acceptors (Lipinski definition) is 12. The molecule has 10 rings (SSSR count). The molecule has 2 aromatic carbocycles. The van der Waals surface area contributed by atoms with Crippen LogP contribution in [0, 0.1) is 0 Å². The van der Waals surface area contributed by atoms with Gasteiger partial charge in [0.05, 0.1) is 90.7 Å². The number of H-pyrrole nitrogens is 1. The number of hydrogen-bond donors (Lipinski definition) is 1. The third-order valence-corrected chi connectivity index (χ3v) is 11.5. The third-order valence-electron chi connectivity index (χ3n) is 11.5. The first-order chi connectivity index (χ1) is 34.1. The number of benzene rings is 2. The van der Waals surface area contributed by atoms with E-state index in [9.17, 15) is 4.79 Å². The molecule has 15 nitrogen and oxygen atoms in total. The Hall–Kier alpha value is -6.36. The van der Waals surface area contributed by atoms with Crippen LogP contribution in [0.25, 0.3) is 22.8 Å². The van der Waals surface area contributed by atoms with Gasteiger partial charge in [-0.15, -0.1) is 22.8 Å². The predicted octanol–water partition coefficient (Wildman–Crippen LogP) is 4.88. The van der Waals surface area contributed by atoms with E-state index in [2.05, 4.69) is 4.98 Å². The molecule has 3 aromatic heterocycles. The van der Waals surface area contributed by atoms with E-state index in [-0.39, 0.29) is 25.3 Å². The summed E-state index contributed by atoms with van der Waals surface area (Å²) in [6.07, 6.45) is 12.7. The molecule has 1 aliphatic carbocycles. The van der Waals surface area contributed by atoms with Crippen LogP contribution in [0.15, 0.2) is 126 Å². The van der Waals surface area contributed by atoms with Gasteiger partial charge < -0.3 is 62.3 Å². The summed E-state index contributed by atoms with van der Waals surface area (Å²) in [5.74, 6) is 2.19. The fourth-order valence-corrected chi connectivity index (χ4v) is 8.31. The molecule has 0 radical (unpaired) electrons. The quantitative estimate of drug-likeness (QED) is 0.238. The summed E-state index contributed by atoms with van der Waals surface area (Å²) >= 11 is 0. The molecule has 16 heteroatoms. The third kappa shape index (κ3) is 12.0. The molecule has 0 saturated heterocycles. The number of nitrogens with one attached hydrogen (secondary N) is 1. The molecule has 1 N–H and O–H groups in total. The summed E-state index contributed by atoms with van der Waals surface area (Å²) in [5.41, 5.74) is 9.02. The van der Waals surface area contributed by atoms with Crippen LogP contribution >= 0.6 is 0 Å². The van der Waals surface area contributed by atoms with Gasteiger partial charge in [-0.3, -0.25) is 4.79 Å². The first-order valence-corrected chi connectivity index (χ1v) is 23.2. The van der Waals surface area contributed by atoms with Crippen LogP contribution in [0.5, 0.6) is 23.0 Å². The number of allylic oxidation sites excluding steroid dienone is 8. The maximum absolute atomic E-state index is 12.5. The number of ketones is 1. The molecule has 0 unspecified atom stereocenters. The van der Waals surface area contributed by atoms with Crippen LogP contribution in [0.2, 0.25) is 0 Å². The average Bonchev–Trinajstić information content (AvgIpc) is 4.21. The van der Waals surface area contributed by atoms with Crippen LogP contribution in [0.3, 0.4) is 0 Å². The van der Waals surface area contributed by atoms with Crippen LogP contribution in [0.4, 0.5) is 0 Å². The zero-order valence-corrected chi connectivity index (χ0v) is 41.8. The monoisotopic (exact) mass is 996 g/mol. The smallest absolute Gasteiger partial charge is 0.657 e. The van der Waals surface area contributed by atoms with E-state index < -0.39 is 0 Å². The fourth-order valence-electron chi connectivity index (χ4n) is 8.31. The van der Waals surface area contributed by atoms with Crippen molar-refractivity contribution in [3.05, 3.63) is 165 Å². The van der Waals surface area contributed by atoms with Crippen molar-refractivity contribution in [2.75, 3.05) is 106 Å². The van der Waals surface area contributed by atoms with Crippen molar-refractivity contribution in [3.63, 3.8) is 0 Å². The Morgan fingerprint density at radius 1 is 0.443 bits per heavy atom. The molecule has 8 bridgehead atoms. The van der Waals surface area contributed by atoms with Gasteiger partial charge in [0.25, 0.3) is 0 Å². The number of carbonyl (C=O) groups is 1. The Balaban J connectivity index is 0.00000608. The molecule has 0 atom stereocenters. The molecule has 0 saturated carbocycles. The molecule has 5 aromatic rings. The van der Waals surface area contributed by atoms with Gasteiger partial charge in [0, 0.05) is 10.7 Å². The van der Waals surface area contributed by atoms with E-state index in [1.165, 1.54) is 0 Å². The van der Waals surface area contributed by atoms with E-state index in [0.29, 0.717) is 157 Å². The summed E-state index contributed by atoms with van der Waals surface area (Å²) in [7, 11) is 0. The zero-order chi connectivity index (χ0) is 46.6. The van der Waals surface area contributed by atoms with Gasteiger partial charge in [-0.25, -0.2) is 4.99 Å². The van der Waals surface area contributed by atoms with Crippen LogP contribution in [-0.2, 0) is 52.7 Å². The number of carbonyl (C=O) groups excluding carboxylic acids is 1. The Kier molecular flexibility index (Phi) is 16.7. The SMILES string of the molecule is O=C1C=CC(=C2C3=N/C(=C(/c4ccc5c(c4)OCCOCCOCCOCCO5)c4ccc([n-]4)/C=c4/cc/c([nH]4)=C(\c4ccc5c(c4)OCCOCCOCCOCCO5)c4ccc2[n-]4)C=C3)C=C1.[Zn+2]. The van der Waals surface area contributed by atoms with Crippen LogP contribution in [-0.4, -0.2) is 122 Å². The van der Waals surface area contributed by atoms with Crippen molar-refractivity contribution < 1.29 is 71.6 Å². The number of aromatic nitrogens is 3. The standard InChI is InChI=1S/C54H53N4O11.Zn/c59-41-7-1-36(2-8-41)52-44-11-13-46(57-44)53(37-3-15-48-50(33-37)68-31-27-64-23-19-60-17-21-62-25-29-66-48)42-9-5-39(55-42)35-40-6-10-43(56-40)54(47-14-12-45(52)58-47)38-4-16-49-51(34-38)69-32-28-65-24-20-61-18-22-63-26-30-67-49;/h1-16,33-35H,17-32H2,(H2-,55,56,57,58,59);/q-1;+2/p-1/b39-35-,40-35?,52-44?,52-45?,53-42-,53-46?,54-43?,54-47-;. The Morgan fingerprint density at radius 3 is 1.50 bits per heavy atom. The molecular formula is C54H52N4O11Zn. The van der Waals surface area contributed by atoms with Crippen molar-refractivity contribution in [1.29, 1.82) is 0 Å². The van der Waals surface area contributed by atoms with E-state index in [1.807, 2.05) is 103 Å². The van der Waals surface area contributed by atoms with Crippen LogP contribution < -0.4 is 39.6 Å². The molecule has 7 heterocycles. The maximum atomic E-state index is 12.5. The van der Waals surface area contributed by atoms with E-state index in [0.717, 1.165) is 49.8 Å². The Labute approximate surface area is 417 Å². The number of rotatable bonds is 2. The molecular weight excluding hydrogens is 946 g/mol. The first kappa shape index (κ1) is 48.7. The molecule has 356 valence electrons.